The van der Waals surface area contributed by atoms with Crippen LogP contribution in [0.4, 0.5) is 0 Å². The average Bonchev–Trinajstić information content (AvgIpc) is 2.92. The van der Waals surface area contributed by atoms with Crippen LogP contribution in [0.25, 0.3) is 0 Å². The lowest BCUT2D eigenvalue weighted by Crippen LogP contribution is -2.36. The van der Waals surface area contributed by atoms with E-state index in [4.69, 9.17) is 18.9 Å². The second-order valence-corrected chi connectivity index (χ2v) is 5.43. The Morgan fingerprint density at radius 1 is 1.37 bits per heavy atom. The van der Waals surface area contributed by atoms with Crippen molar-refractivity contribution in [2.24, 2.45) is 11.8 Å². The molecule has 3 fully saturated rings. The van der Waals surface area contributed by atoms with Crippen LogP contribution in [0.15, 0.2) is 0 Å². The summed E-state index contributed by atoms with van der Waals surface area (Å²) in [6.07, 6.45) is 0.153. The molecule has 1 aliphatic carbocycles. The predicted molar refractivity (Wildman–Crippen MR) is 61.9 cm³/mol. The van der Waals surface area contributed by atoms with Gasteiger partial charge in [0.1, 0.15) is 12.2 Å². The van der Waals surface area contributed by atoms with Crippen LogP contribution in [-0.2, 0) is 28.5 Å². The van der Waals surface area contributed by atoms with E-state index in [-0.39, 0.29) is 48.4 Å². The van der Waals surface area contributed by atoms with Crippen molar-refractivity contribution in [2.75, 3.05) is 6.61 Å². The molecule has 2 aliphatic heterocycles. The minimum absolute atomic E-state index is 0.0229. The molecule has 0 bridgehead atoms. The molecular formula is C13H18O6. The third-order valence-corrected chi connectivity index (χ3v) is 4.16. The Labute approximate surface area is 111 Å². The molecular weight excluding hydrogens is 252 g/mol. The highest BCUT2D eigenvalue weighted by Crippen LogP contribution is 2.46. The van der Waals surface area contributed by atoms with E-state index in [9.17, 15) is 9.59 Å². The van der Waals surface area contributed by atoms with Crippen molar-refractivity contribution in [3.05, 3.63) is 0 Å². The molecule has 106 valence electrons. The highest BCUT2D eigenvalue weighted by molar-refractivity contribution is 5.72. The van der Waals surface area contributed by atoms with E-state index in [0.29, 0.717) is 19.4 Å². The predicted octanol–water partition coefficient (Wildman–Crippen LogP) is 0.631. The Kier molecular flexibility index (Phi) is 3.22. The van der Waals surface area contributed by atoms with Crippen LogP contribution in [0.5, 0.6) is 0 Å². The molecule has 3 aliphatic rings. The second-order valence-electron chi connectivity index (χ2n) is 5.43. The molecule has 6 heteroatoms. The first-order valence-corrected chi connectivity index (χ1v) is 6.68. The van der Waals surface area contributed by atoms with Crippen LogP contribution in [-0.4, -0.2) is 43.1 Å². The zero-order valence-corrected chi connectivity index (χ0v) is 11.0. The van der Waals surface area contributed by atoms with Gasteiger partial charge in [0.15, 0.2) is 6.29 Å². The Bertz CT molecular complexity index is 395. The zero-order chi connectivity index (χ0) is 13.6. The van der Waals surface area contributed by atoms with E-state index >= 15 is 0 Å². The van der Waals surface area contributed by atoms with Crippen LogP contribution in [0.3, 0.4) is 0 Å². The first-order valence-electron chi connectivity index (χ1n) is 6.68. The minimum Gasteiger partial charge on any atom is -0.462 e. The molecule has 2 saturated heterocycles. The molecule has 6 atom stereocenters. The molecule has 3 rings (SSSR count). The third-order valence-electron chi connectivity index (χ3n) is 4.16. The smallest absolute Gasteiger partial charge is 0.306 e. The van der Waals surface area contributed by atoms with E-state index < -0.39 is 0 Å². The fraction of sp³-hybridized carbons (Fsp3) is 0.846. The first-order chi connectivity index (χ1) is 9.04. The van der Waals surface area contributed by atoms with E-state index in [1.165, 1.54) is 6.92 Å². The molecule has 0 radical (unpaired) electrons. The summed E-state index contributed by atoms with van der Waals surface area (Å²) in [5.74, 6) is -0.442. The van der Waals surface area contributed by atoms with E-state index in [1.54, 1.807) is 0 Å². The van der Waals surface area contributed by atoms with Crippen molar-refractivity contribution in [3.8, 4) is 0 Å². The van der Waals surface area contributed by atoms with Gasteiger partial charge in [-0.25, -0.2) is 0 Å². The fourth-order valence-corrected chi connectivity index (χ4v) is 3.51. The van der Waals surface area contributed by atoms with Crippen LogP contribution >= 0.6 is 0 Å². The van der Waals surface area contributed by atoms with Crippen LogP contribution < -0.4 is 0 Å². The number of carbonyl (C=O) groups excluding carboxylic acids is 2. The normalized spacial score (nSPS) is 45.1. The topological polar surface area (TPSA) is 71.1 Å². The van der Waals surface area contributed by atoms with Gasteiger partial charge >= 0.3 is 11.9 Å². The summed E-state index contributed by atoms with van der Waals surface area (Å²) in [5.41, 5.74) is 0. The fourth-order valence-electron chi connectivity index (χ4n) is 3.51. The third kappa shape index (κ3) is 2.34. The molecule has 0 spiro atoms. The van der Waals surface area contributed by atoms with Crippen molar-refractivity contribution in [2.45, 2.75) is 51.3 Å². The lowest BCUT2D eigenvalue weighted by Gasteiger charge is -2.26. The SMILES string of the molecule is CC(=O)OC1CC2OC(=O)CC2C1C1COC(C)O1. The largest absolute Gasteiger partial charge is 0.462 e. The maximum absolute atomic E-state index is 11.4. The number of ether oxygens (including phenoxy) is 4. The lowest BCUT2D eigenvalue weighted by atomic mass is 9.87. The Hall–Kier alpha value is -1.14. The first kappa shape index (κ1) is 12.9. The van der Waals surface area contributed by atoms with Crippen molar-refractivity contribution in [1.29, 1.82) is 0 Å². The summed E-state index contributed by atoms with van der Waals surface area (Å²) in [6, 6.07) is 0. The van der Waals surface area contributed by atoms with Gasteiger partial charge in [0.2, 0.25) is 0 Å². The molecule has 1 saturated carbocycles. The van der Waals surface area contributed by atoms with Gasteiger partial charge < -0.3 is 18.9 Å². The second kappa shape index (κ2) is 4.76. The van der Waals surface area contributed by atoms with Crippen LogP contribution in [0.2, 0.25) is 0 Å². The monoisotopic (exact) mass is 270 g/mol. The van der Waals surface area contributed by atoms with Crippen molar-refractivity contribution in [3.63, 3.8) is 0 Å². The Morgan fingerprint density at radius 2 is 2.16 bits per heavy atom. The number of rotatable bonds is 2. The van der Waals surface area contributed by atoms with Crippen molar-refractivity contribution in [1.82, 2.24) is 0 Å². The molecule has 0 aromatic rings. The molecule has 19 heavy (non-hydrogen) atoms. The summed E-state index contributed by atoms with van der Waals surface area (Å²) >= 11 is 0. The van der Waals surface area contributed by atoms with E-state index in [1.807, 2.05) is 6.92 Å². The average molecular weight is 270 g/mol. The number of hydrogen-bond donors (Lipinski definition) is 0. The van der Waals surface area contributed by atoms with Gasteiger partial charge in [-0.3, -0.25) is 9.59 Å². The number of hydrogen-bond acceptors (Lipinski definition) is 6. The van der Waals surface area contributed by atoms with E-state index in [2.05, 4.69) is 0 Å². The van der Waals surface area contributed by atoms with Gasteiger partial charge in [0, 0.05) is 25.2 Å². The Balaban J connectivity index is 1.78. The molecule has 0 N–H and O–H groups in total. The molecule has 2 heterocycles. The van der Waals surface area contributed by atoms with Crippen LogP contribution in [0.1, 0.15) is 26.7 Å². The highest BCUT2D eigenvalue weighted by atomic mass is 16.7. The van der Waals surface area contributed by atoms with Gasteiger partial charge in [-0.15, -0.1) is 0 Å². The summed E-state index contributed by atoms with van der Waals surface area (Å²) in [6.45, 7) is 3.70. The van der Waals surface area contributed by atoms with Gasteiger partial charge in [-0.05, 0) is 6.92 Å². The molecule has 0 aromatic carbocycles. The van der Waals surface area contributed by atoms with Crippen molar-refractivity contribution < 1.29 is 28.5 Å². The molecule has 0 amide bonds. The maximum Gasteiger partial charge on any atom is 0.306 e. The zero-order valence-electron chi connectivity index (χ0n) is 11.0. The van der Waals surface area contributed by atoms with Gasteiger partial charge in [0.25, 0.3) is 0 Å². The number of carbonyl (C=O) groups is 2. The Morgan fingerprint density at radius 3 is 2.79 bits per heavy atom. The van der Waals surface area contributed by atoms with Crippen LogP contribution in [0, 0.1) is 11.8 Å². The highest BCUT2D eigenvalue weighted by Gasteiger charge is 2.55. The number of fused-ring (bicyclic) bond motifs is 1. The summed E-state index contributed by atoms with van der Waals surface area (Å²) in [4.78, 5) is 22.6. The molecule has 6 nitrogen and oxygen atoms in total. The minimum atomic E-state index is -0.312. The van der Waals surface area contributed by atoms with E-state index in [0.717, 1.165) is 0 Å². The molecule has 6 unspecified atom stereocenters. The van der Waals surface area contributed by atoms with Crippen molar-refractivity contribution >= 4 is 11.9 Å². The standard InChI is InChI=1S/C13H18O6/c1-6(14)17-10-4-9-8(3-12(15)19-9)13(10)11-5-16-7(2)18-11/h7-11,13H,3-5H2,1-2H3. The number of esters is 2. The maximum atomic E-state index is 11.4. The lowest BCUT2D eigenvalue weighted by molar-refractivity contribution is -0.152. The van der Waals surface area contributed by atoms with Gasteiger partial charge in [0.05, 0.1) is 19.1 Å². The molecule has 0 aromatic heterocycles. The van der Waals surface area contributed by atoms with Gasteiger partial charge in [-0.1, -0.05) is 0 Å². The summed E-state index contributed by atoms with van der Waals surface area (Å²) < 4.78 is 21.8. The summed E-state index contributed by atoms with van der Waals surface area (Å²) in [5, 5.41) is 0. The van der Waals surface area contributed by atoms with Gasteiger partial charge in [-0.2, -0.15) is 0 Å². The quantitative estimate of drug-likeness (QED) is 0.685. The summed E-state index contributed by atoms with van der Waals surface area (Å²) in [7, 11) is 0.